The Labute approximate surface area is 163 Å². The van der Waals surface area contributed by atoms with Gasteiger partial charge in [0.1, 0.15) is 17.1 Å². The fourth-order valence-corrected chi connectivity index (χ4v) is 4.33. The minimum Gasteiger partial charge on any atom is -0.462 e. The predicted molar refractivity (Wildman–Crippen MR) is 105 cm³/mol. The number of benzene rings is 2. The molecule has 0 amide bonds. The van der Waals surface area contributed by atoms with Crippen molar-refractivity contribution >= 4 is 27.4 Å². The maximum Gasteiger partial charge on any atom is 0.340 e. The molecule has 0 saturated heterocycles. The van der Waals surface area contributed by atoms with Crippen molar-refractivity contribution in [2.45, 2.75) is 12.8 Å². The molecule has 1 aliphatic rings. The van der Waals surface area contributed by atoms with E-state index >= 15 is 0 Å². The number of carbonyl (C=O) groups is 1. The quantitative estimate of drug-likeness (QED) is 0.683. The number of halogens is 1. The van der Waals surface area contributed by atoms with Gasteiger partial charge in [0.2, 0.25) is 10.6 Å². The summed E-state index contributed by atoms with van der Waals surface area (Å²) in [6.07, 6.45) is 0. The number of ether oxygens (including phenoxy) is 2. The SMILES string of the molecule is CCOC(=O)C1=C(N)Oc2c(c(=O)sc3ccccc23)[C@H]1c1cccc(F)c1. The fourth-order valence-electron chi connectivity index (χ4n) is 3.39. The molecule has 2 aromatic carbocycles. The maximum atomic E-state index is 14.0. The van der Waals surface area contributed by atoms with Crippen molar-refractivity contribution < 1.29 is 18.7 Å². The molecule has 0 bridgehead atoms. The molecule has 1 aromatic heterocycles. The number of hydrogen-bond acceptors (Lipinski definition) is 6. The third kappa shape index (κ3) is 2.93. The van der Waals surface area contributed by atoms with Crippen LogP contribution in [0.25, 0.3) is 10.1 Å². The van der Waals surface area contributed by atoms with Crippen molar-refractivity contribution in [3.63, 3.8) is 0 Å². The van der Waals surface area contributed by atoms with E-state index in [-0.39, 0.29) is 28.4 Å². The van der Waals surface area contributed by atoms with Crippen LogP contribution in [0, 0.1) is 5.82 Å². The van der Waals surface area contributed by atoms with Crippen molar-refractivity contribution in [1.29, 1.82) is 0 Å². The molecule has 1 atom stereocenters. The van der Waals surface area contributed by atoms with E-state index in [1.807, 2.05) is 24.3 Å². The lowest BCUT2D eigenvalue weighted by atomic mass is 9.83. The summed E-state index contributed by atoms with van der Waals surface area (Å²) < 4.78 is 25.3. The van der Waals surface area contributed by atoms with Crippen LogP contribution in [0.2, 0.25) is 0 Å². The van der Waals surface area contributed by atoms with Crippen LogP contribution in [-0.2, 0) is 9.53 Å². The summed E-state index contributed by atoms with van der Waals surface area (Å²) in [4.78, 5) is 25.6. The highest BCUT2D eigenvalue weighted by atomic mass is 32.1. The number of rotatable bonds is 3. The Morgan fingerprint density at radius 3 is 2.79 bits per heavy atom. The molecule has 2 N–H and O–H groups in total. The molecule has 1 aliphatic heterocycles. The normalized spacial score (nSPS) is 15.9. The van der Waals surface area contributed by atoms with Gasteiger partial charge in [-0.2, -0.15) is 0 Å². The van der Waals surface area contributed by atoms with E-state index in [4.69, 9.17) is 15.2 Å². The Hall–Kier alpha value is -3.19. The summed E-state index contributed by atoms with van der Waals surface area (Å²) in [5.74, 6) is -1.92. The van der Waals surface area contributed by atoms with Gasteiger partial charge in [0, 0.05) is 10.1 Å². The van der Waals surface area contributed by atoms with Gasteiger partial charge in [-0.05, 0) is 36.8 Å². The van der Waals surface area contributed by atoms with Gasteiger partial charge in [-0.1, -0.05) is 35.6 Å². The standard InChI is InChI=1S/C21H16FNO4S/c1-2-26-20(24)17-15(11-6-5-7-12(22)10-11)16-18(27-19(17)23)13-8-3-4-9-14(13)28-21(16)25/h3-10,15H,2,23H2,1H3/t15-/m1/s1. The molecule has 28 heavy (non-hydrogen) atoms. The summed E-state index contributed by atoms with van der Waals surface area (Å²) in [5, 5.41) is 0.703. The minimum atomic E-state index is -0.883. The number of hydrogen-bond donors (Lipinski definition) is 1. The van der Waals surface area contributed by atoms with E-state index in [2.05, 4.69) is 0 Å². The number of carbonyl (C=O) groups excluding carboxylic acids is 1. The van der Waals surface area contributed by atoms with E-state index in [1.54, 1.807) is 13.0 Å². The molecule has 142 valence electrons. The van der Waals surface area contributed by atoms with Crippen LogP contribution in [-0.4, -0.2) is 12.6 Å². The monoisotopic (exact) mass is 397 g/mol. The van der Waals surface area contributed by atoms with Crippen LogP contribution >= 0.6 is 11.3 Å². The van der Waals surface area contributed by atoms with Crippen LogP contribution in [0.1, 0.15) is 24.0 Å². The van der Waals surface area contributed by atoms with E-state index in [9.17, 15) is 14.0 Å². The minimum absolute atomic E-state index is 0.000434. The summed E-state index contributed by atoms with van der Waals surface area (Å²) in [5.41, 5.74) is 6.78. The molecule has 0 aliphatic carbocycles. The van der Waals surface area contributed by atoms with Gasteiger partial charge in [0.05, 0.1) is 18.1 Å². The summed E-state index contributed by atoms with van der Waals surface area (Å²) in [6, 6.07) is 13.0. The second-order valence-corrected chi connectivity index (χ2v) is 7.23. The van der Waals surface area contributed by atoms with Gasteiger partial charge in [-0.25, -0.2) is 9.18 Å². The Balaban J connectivity index is 2.05. The second-order valence-electron chi connectivity index (χ2n) is 6.22. The molecule has 7 heteroatoms. The predicted octanol–water partition coefficient (Wildman–Crippen LogP) is 3.66. The summed E-state index contributed by atoms with van der Waals surface area (Å²) in [7, 11) is 0. The molecule has 0 fully saturated rings. The maximum absolute atomic E-state index is 14.0. The van der Waals surface area contributed by atoms with Crippen LogP contribution in [0.15, 0.2) is 64.8 Å². The van der Waals surface area contributed by atoms with Gasteiger partial charge in [0.15, 0.2) is 0 Å². The Bertz CT molecular complexity index is 1180. The van der Waals surface area contributed by atoms with E-state index < -0.39 is 17.7 Å². The van der Waals surface area contributed by atoms with Crippen molar-refractivity contribution in [2.24, 2.45) is 5.73 Å². The molecule has 5 nitrogen and oxygen atoms in total. The zero-order chi connectivity index (χ0) is 19.8. The number of nitrogens with two attached hydrogens (primary N) is 1. The molecule has 0 radical (unpaired) electrons. The summed E-state index contributed by atoms with van der Waals surface area (Å²) in [6.45, 7) is 1.79. The second kappa shape index (κ2) is 7.09. The molecular weight excluding hydrogens is 381 g/mol. The lowest BCUT2D eigenvalue weighted by molar-refractivity contribution is -0.139. The van der Waals surface area contributed by atoms with Gasteiger partial charge >= 0.3 is 5.97 Å². The Kier molecular flexibility index (Phi) is 4.60. The first-order chi connectivity index (χ1) is 13.5. The average Bonchev–Trinajstić information content (AvgIpc) is 2.67. The van der Waals surface area contributed by atoms with Crippen molar-refractivity contribution in [2.75, 3.05) is 6.61 Å². The number of esters is 1. The van der Waals surface area contributed by atoms with Crippen molar-refractivity contribution in [1.82, 2.24) is 0 Å². The largest absolute Gasteiger partial charge is 0.462 e. The highest BCUT2D eigenvalue weighted by Crippen LogP contribution is 2.44. The molecule has 4 rings (SSSR count). The zero-order valence-corrected chi connectivity index (χ0v) is 15.7. The van der Waals surface area contributed by atoms with Crippen LogP contribution in [0.3, 0.4) is 0 Å². The smallest absolute Gasteiger partial charge is 0.340 e. The molecule has 0 unspecified atom stereocenters. The lowest BCUT2D eigenvalue weighted by Gasteiger charge is -2.28. The first kappa shape index (κ1) is 18.2. The first-order valence-electron chi connectivity index (χ1n) is 8.67. The van der Waals surface area contributed by atoms with Crippen LogP contribution in [0.5, 0.6) is 5.75 Å². The Morgan fingerprint density at radius 1 is 1.25 bits per heavy atom. The number of fused-ring (bicyclic) bond motifs is 3. The third-order valence-electron chi connectivity index (χ3n) is 4.53. The molecule has 0 saturated carbocycles. The summed E-state index contributed by atoms with van der Waals surface area (Å²) >= 11 is 1.04. The molecule has 2 heterocycles. The van der Waals surface area contributed by atoms with Gasteiger partial charge in [-0.15, -0.1) is 0 Å². The van der Waals surface area contributed by atoms with Crippen molar-refractivity contribution in [3.05, 3.63) is 86.5 Å². The molecule has 0 spiro atoms. The van der Waals surface area contributed by atoms with Gasteiger partial charge in [-0.3, -0.25) is 4.79 Å². The molecule has 3 aromatic rings. The van der Waals surface area contributed by atoms with Crippen LogP contribution in [0.4, 0.5) is 4.39 Å². The topological polar surface area (TPSA) is 78.6 Å². The zero-order valence-electron chi connectivity index (χ0n) is 14.9. The van der Waals surface area contributed by atoms with Crippen molar-refractivity contribution in [3.8, 4) is 5.75 Å². The lowest BCUT2D eigenvalue weighted by Crippen LogP contribution is -2.30. The highest BCUT2D eigenvalue weighted by molar-refractivity contribution is 7.16. The Morgan fingerprint density at radius 2 is 2.04 bits per heavy atom. The third-order valence-corrected chi connectivity index (χ3v) is 5.51. The first-order valence-corrected chi connectivity index (χ1v) is 9.48. The van der Waals surface area contributed by atoms with E-state index in [0.717, 1.165) is 16.0 Å². The fraction of sp³-hybridized carbons (Fsp3) is 0.143. The van der Waals surface area contributed by atoms with E-state index in [0.29, 0.717) is 16.7 Å². The van der Waals surface area contributed by atoms with Gasteiger partial charge in [0.25, 0.3) is 0 Å². The average molecular weight is 397 g/mol. The molecular formula is C21H16FNO4S. The van der Waals surface area contributed by atoms with Crippen LogP contribution < -0.4 is 15.2 Å². The highest BCUT2D eigenvalue weighted by Gasteiger charge is 2.38. The van der Waals surface area contributed by atoms with Gasteiger partial charge < -0.3 is 15.2 Å². The van der Waals surface area contributed by atoms with E-state index in [1.165, 1.54) is 18.2 Å².